The van der Waals surface area contributed by atoms with Crippen molar-refractivity contribution < 1.29 is 14.0 Å². The van der Waals surface area contributed by atoms with E-state index in [1.165, 1.54) is 5.56 Å². The second-order valence-corrected chi connectivity index (χ2v) is 9.12. The third-order valence-corrected chi connectivity index (χ3v) is 6.53. The average molecular weight is 477 g/mol. The van der Waals surface area contributed by atoms with E-state index in [2.05, 4.69) is 40.7 Å². The quantitative estimate of drug-likeness (QED) is 0.439. The first-order chi connectivity index (χ1) is 17.1. The van der Waals surface area contributed by atoms with E-state index in [4.69, 9.17) is 4.42 Å². The Labute approximate surface area is 207 Å². The molecule has 3 heterocycles. The number of benzene rings is 1. The number of carbonyl (C=O) groups is 2. The first-order valence-corrected chi connectivity index (χ1v) is 12.6. The molecule has 7 nitrogen and oxygen atoms in total. The van der Waals surface area contributed by atoms with Crippen LogP contribution in [0, 0.1) is 0 Å². The smallest absolute Gasteiger partial charge is 0.289 e. The van der Waals surface area contributed by atoms with Gasteiger partial charge in [-0.05, 0) is 36.2 Å². The minimum absolute atomic E-state index is 0.0500. The van der Waals surface area contributed by atoms with Crippen molar-refractivity contribution in [2.75, 3.05) is 32.7 Å². The predicted octanol–water partition coefficient (Wildman–Crippen LogP) is 4.24. The van der Waals surface area contributed by atoms with E-state index in [0.29, 0.717) is 38.4 Å². The number of hydrogen-bond acceptors (Lipinski definition) is 4. The lowest BCUT2D eigenvalue weighted by Gasteiger charge is -2.34. The van der Waals surface area contributed by atoms with Crippen molar-refractivity contribution in [3.63, 3.8) is 0 Å². The van der Waals surface area contributed by atoms with Crippen LogP contribution in [0.1, 0.15) is 54.3 Å². The average Bonchev–Trinajstić information content (AvgIpc) is 3.54. The Hall–Kier alpha value is -3.32. The van der Waals surface area contributed by atoms with Crippen molar-refractivity contribution in [3.8, 4) is 0 Å². The first-order valence-electron chi connectivity index (χ1n) is 12.6. The van der Waals surface area contributed by atoms with Gasteiger partial charge in [-0.2, -0.15) is 0 Å². The molecule has 4 rings (SSSR count). The molecule has 0 spiro atoms. The molecular formula is C28H36N4O3. The summed E-state index contributed by atoms with van der Waals surface area (Å²) in [7, 11) is 0. The number of furan rings is 1. The van der Waals surface area contributed by atoms with Gasteiger partial charge in [-0.3, -0.25) is 14.5 Å². The van der Waals surface area contributed by atoms with Crippen molar-refractivity contribution in [2.45, 2.75) is 46.3 Å². The molecule has 1 aromatic carbocycles. The Morgan fingerprint density at radius 2 is 1.69 bits per heavy atom. The highest BCUT2D eigenvalue weighted by Crippen LogP contribution is 2.17. The summed E-state index contributed by atoms with van der Waals surface area (Å²) in [4.78, 5) is 31.5. The van der Waals surface area contributed by atoms with Gasteiger partial charge in [0.05, 0.1) is 13.1 Å². The highest BCUT2D eigenvalue weighted by Gasteiger charge is 2.24. The van der Waals surface area contributed by atoms with Gasteiger partial charge in [0.1, 0.15) is 5.76 Å². The van der Waals surface area contributed by atoms with Crippen molar-refractivity contribution in [1.82, 2.24) is 19.3 Å². The molecule has 1 fully saturated rings. The molecular weight excluding hydrogens is 440 g/mol. The Morgan fingerprint density at radius 3 is 2.40 bits per heavy atom. The second kappa shape index (κ2) is 11.9. The highest BCUT2D eigenvalue weighted by molar-refractivity contribution is 5.91. The van der Waals surface area contributed by atoms with Crippen LogP contribution < -0.4 is 0 Å². The molecule has 0 N–H and O–H groups in total. The van der Waals surface area contributed by atoms with E-state index in [1.54, 1.807) is 6.07 Å². The molecule has 0 bridgehead atoms. The Balaban J connectivity index is 1.32. The number of rotatable bonds is 10. The number of hydrogen-bond donors (Lipinski definition) is 0. The lowest BCUT2D eigenvalue weighted by molar-refractivity contribution is -0.131. The second-order valence-electron chi connectivity index (χ2n) is 9.12. The summed E-state index contributed by atoms with van der Waals surface area (Å²) in [6.45, 7) is 9.84. The third kappa shape index (κ3) is 6.42. The Bertz CT molecular complexity index is 1100. The monoisotopic (exact) mass is 476 g/mol. The minimum atomic E-state index is -0.0500. The van der Waals surface area contributed by atoms with Gasteiger partial charge >= 0.3 is 0 Å². The number of aromatic nitrogens is 1. The topological polar surface area (TPSA) is 61.9 Å². The molecule has 0 radical (unpaired) electrons. The van der Waals surface area contributed by atoms with Gasteiger partial charge < -0.3 is 18.8 Å². The molecule has 186 valence electrons. The zero-order valence-electron chi connectivity index (χ0n) is 20.9. The van der Waals surface area contributed by atoms with Crippen molar-refractivity contribution in [1.29, 1.82) is 0 Å². The molecule has 0 saturated carbocycles. The van der Waals surface area contributed by atoms with E-state index in [1.807, 2.05) is 47.2 Å². The normalized spacial score (nSPS) is 14.3. The van der Waals surface area contributed by atoms with Crippen LogP contribution in [-0.2, 0) is 24.4 Å². The van der Waals surface area contributed by atoms with E-state index < -0.39 is 0 Å². The van der Waals surface area contributed by atoms with E-state index in [-0.39, 0.29) is 11.8 Å². The zero-order valence-corrected chi connectivity index (χ0v) is 20.9. The Morgan fingerprint density at radius 1 is 0.914 bits per heavy atom. The van der Waals surface area contributed by atoms with Crippen molar-refractivity contribution >= 4 is 11.8 Å². The van der Waals surface area contributed by atoms with Gasteiger partial charge in [-0.15, -0.1) is 0 Å². The fraction of sp³-hybridized carbons (Fsp3) is 0.429. The molecule has 0 aliphatic carbocycles. The third-order valence-electron chi connectivity index (χ3n) is 6.53. The lowest BCUT2D eigenvalue weighted by atomic mass is 10.2. The molecule has 0 unspecified atom stereocenters. The summed E-state index contributed by atoms with van der Waals surface area (Å²) in [5, 5.41) is 0. The number of amides is 2. The van der Waals surface area contributed by atoms with Crippen LogP contribution in [0.3, 0.4) is 0 Å². The maximum atomic E-state index is 13.0. The van der Waals surface area contributed by atoms with E-state index in [0.717, 1.165) is 44.1 Å². The highest BCUT2D eigenvalue weighted by atomic mass is 16.4. The summed E-state index contributed by atoms with van der Waals surface area (Å²) in [5.41, 5.74) is 2.35. The van der Waals surface area contributed by atoms with Gasteiger partial charge in [0, 0.05) is 57.6 Å². The Kier molecular flexibility index (Phi) is 8.42. The van der Waals surface area contributed by atoms with Gasteiger partial charge in [-0.25, -0.2) is 0 Å². The minimum Gasteiger partial charge on any atom is -0.454 e. The van der Waals surface area contributed by atoms with Crippen LogP contribution in [0.25, 0.3) is 0 Å². The van der Waals surface area contributed by atoms with Crippen LogP contribution in [0.4, 0.5) is 0 Å². The van der Waals surface area contributed by atoms with Crippen LogP contribution in [-0.4, -0.2) is 63.8 Å². The van der Waals surface area contributed by atoms with Crippen LogP contribution in [0.5, 0.6) is 0 Å². The molecule has 7 heteroatoms. The van der Waals surface area contributed by atoms with Gasteiger partial charge in [0.15, 0.2) is 5.76 Å². The van der Waals surface area contributed by atoms with Gasteiger partial charge in [0.25, 0.3) is 5.91 Å². The standard InChI is InChI=1S/C28H36N4O3/c1-3-14-32(27(33)4-2)21-24-11-8-15-31(24)22-25-12-13-26(35-25)28(34)30-18-16-29(17-19-30)20-23-9-6-5-7-10-23/h5-13,15H,3-4,14,16-22H2,1-2H3. The molecule has 35 heavy (non-hydrogen) atoms. The number of carbonyl (C=O) groups excluding carboxylic acids is 2. The molecule has 1 aliphatic heterocycles. The fourth-order valence-corrected chi connectivity index (χ4v) is 4.58. The first kappa shape index (κ1) is 24.8. The van der Waals surface area contributed by atoms with Crippen LogP contribution in [0.2, 0.25) is 0 Å². The van der Waals surface area contributed by atoms with Crippen molar-refractivity contribution in [2.24, 2.45) is 0 Å². The van der Waals surface area contributed by atoms with Crippen molar-refractivity contribution in [3.05, 3.63) is 83.6 Å². The molecule has 1 saturated heterocycles. The molecule has 0 atom stereocenters. The zero-order chi connectivity index (χ0) is 24.6. The SMILES string of the molecule is CCCN(Cc1cccn1Cc1ccc(C(=O)N2CCN(Cc3ccccc3)CC2)o1)C(=O)CC. The largest absolute Gasteiger partial charge is 0.454 e. The van der Waals surface area contributed by atoms with Crippen LogP contribution in [0.15, 0.2) is 65.2 Å². The number of piperazine rings is 1. The maximum absolute atomic E-state index is 13.0. The summed E-state index contributed by atoms with van der Waals surface area (Å²) >= 11 is 0. The summed E-state index contributed by atoms with van der Waals surface area (Å²) < 4.78 is 8.05. The summed E-state index contributed by atoms with van der Waals surface area (Å²) in [6, 6.07) is 18.1. The van der Waals surface area contributed by atoms with Gasteiger partial charge in [-0.1, -0.05) is 44.2 Å². The molecule has 1 aliphatic rings. The van der Waals surface area contributed by atoms with E-state index >= 15 is 0 Å². The lowest BCUT2D eigenvalue weighted by Crippen LogP contribution is -2.48. The molecule has 3 aromatic rings. The summed E-state index contributed by atoms with van der Waals surface area (Å²) in [6.07, 6.45) is 3.42. The predicted molar refractivity (Wildman–Crippen MR) is 136 cm³/mol. The molecule has 2 aromatic heterocycles. The maximum Gasteiger partial charge on any atom is 0.289 e. The summed E-state index contributed by atoms with van der Waals surface area (Å²) in [5.74, 6) is 1.23. The number of nitrogens with zero attached hydrogens (tertiary/aromatic N) is 4. The fourth-order valence-electron chi connectivity index (χ4n) is 4.58. The molecule has 2 amide bonds. The van der Waals surface area contributed by atoms with Crippen LogP contribution >= 0.6 is 0 Å². The van der Waals surface area contributed by atoms with Gasteiger partial charge in [0.2, 0.25) is 5.91 Å². The van der Waals surface area contributed by atoms with E-state index in [9.17, 15) is 9.59 Å².